The molecule has 0 spiro atoms. The van der Waals surface area contributed by atoms with Gasteiger partial charge in [0, 0.05) is 18.1 Å². The summed E-state index contributed by atoms with van der Waals surface area (Å²) in [7, 11) is -3.23. The number of nitrogens with zero attached hydrogens (tertiary/aromatic N) is 2. The van der Waals surface area contributed by atoms with Gasteiger partial charge in [-0.3, -0.25) is 9.78 Å². The summed E-state index contributed by atoms with van der Waals surface area (Å²) in [6.07, 6.45) is 4.25. The van der Waals surface area contributed by atoms with Crippen molar-refractivity contribution in [2.45, 2.75) is 11.8 Å². The number of aromatic nitrogens is 2. The standard InChI is InChI=1S/C13H13N3O3S/c1-2-20(18,19)11-5-3-10(4-6-11)16-13(17)12-9-14-7-8-15-12/h3-9H,2H2,1H3,(H,16,17). The number of hydrogen-bond donors (Lipinski definition) is 1. The molecule has 20 heavy (non-hydrogen) atoms. The molecule has 1 aromatic carbocycles. The normalized spacial score (nSPS) is 11.1. The number of anilines is 1. The van der Waals surface area contributed by atoms with Crippen LogP contribution in [0.4, 0.5) is 5.69 Å². The van der Waals surface area contributed by atoms with Gasteiger partial charge in [0.2, 0.25) is 0 Å². The molecule has 0 aliphatic heterocycles. The maximum Gasteiger partial charge on any atom is 0.275 e. The molecule has 104 valence electrons. The number of carbonyl (C=O) groups excluding carboxylic acids is 1. The Morgan fingerprint density at radius 1 is 1.20 bits per heavy atom. The van der Waals surface area contributed by atoms with E-state index in [-0.39, 0.29) is 16.3 Å². The summed E-state index contributed by atoms with van der Waals surface area (Å²) in [5.41, 5.74) is 0.688. The lowest BCUT2D eigenvalue weighted by molar-refractivity contribution is 0.102. The maximum atomic E-state index is 11.8. The lowest BCUT2D eigenvalue weighted by Crippen LogP contribution is -2.13. The molecule has 0 saturated carbocycles. The molecule has 6 nitrogen and oxygen atoms in total. The van der Waals surface area contributed by atoms with Gasteiger partial charge in [-0.15, -0.1) is 0 Å². The van der Waals surface area contributed by atoms with Gasteiger partial charge in [-0.1, -0.05) is 6.92 Å². The first-order valence-corrected chi connectivity index (χ1v) is 7.58. The molecule has 2 aromatic rings. The Kier molecular flexibility index (Phi) is 4.09. The topological polar surface area (TPSA) is 89.0 Å². The summed E-state index contributed by atoms with van der Waals surface area (Å²) in [5, 5.41) is 2.62. The van der Waals surface area contributed by atoms with Crippen molar-refractivity contribution >= 4 is 21.4 Å². The Labute approximate surface area is 116 Å². The number of sulfone groups is 1. The second-order valence-corrected chi connectivity index (χ2v) is 6.25. The summed E-state index contributed by atoms with van der Waals surface area (Å²) < 4.78 is 23.3. The minimum atomic E-state index is -3.23. The highest BCUT2D eigenvalue weighted by Gasteiger charge is 2.12. The number of hydrogen-bond acceptors (Lipinski definition) is 5. The van der Waals surface area contributed by atoms with Crippen molar-refractivity contribution < 1.29 is 13.2 Å². The molecule has 0 atom stereocenters. The second kappa shape index (κ2) is 5.79. The van der Waals surface area contributed by atoms with Crippen LogP contribution in [0.5, 0.6) is 0 Å². The molecule has 0 fully saturated rings. The molecular formula is C13H13N3O3S. The van der Waals surface area contributed by atoms with Gasteiger partial charge in [-0.05, 0) is 24.3 Å². The third kappa shape index (κ3) is 3.18. The van der Waals surface area contributed by atoms with E-state index < -0.39 is 15.7 Å². The molecule has 0 radical (unpaired) electrons. The van der Waals surface area contributed by atoms with Crippen molar-refractivity contribution in [3.8, 4) is 0 Å². The fraction of sp³-hybridized carbons (Fsp3) is 0.154. The Hall–Kier alpha value is -2.28. The minimum Gasteiger partial charge on any atom is -0.321 e. The lowest BCUT2D eigenvalue weighted by Gasteiger charge is -2.06. The zero-order valence-electron chi connectivity index (χ0n) is 10.8. The fourth-order valence-electron chi connectivity index (χ4n) is 1.52. The van der Waals surface area contributed by atoms with Crippen LogP contribution >= 0.6 is 0 Å². The zero-order valence-corrected chi connectivity index (χ0v) is 11.6. The van der Waals surface area contributed by atoms with Gasteiger partial charge < -0.3 is 5.32 Å². The summed E-state index contributed by atoms with van der Waals surface area (Å²) in [6.45, 7) is 1.58. The zero-order chi connectivity index (χ0) is 14.6. The first-order chi connectivity index (χ1) is 9.53. The predicted octanol–water partition coefficient (Wildman–Crippen LogP) is 1.52. The van der Waals surface area contributed by atoms with Gasteiger partial charge in [0.05, 0.1) is 16.8 Å². The molecule has 0 saturated heterocycles. The van der Waals surface area contributed by atoms with E-state index in [0.717, 1.165) is 0 Å². The molecule has 7 heteroatoms. The average Bonchev–Trinajstić information content (AvgIpc) is 2.48. The number of benzene rings is 1. The van der Waals surface area contributed by atoms with E-state index in [2.05, 4.69) is 15.3 Å². The second-order valence-electron chi connectivity index (χ2n) is 3.97. The molecule has 2 rings (SSSR count). The molecule has 1 amide bonds. The van der Waals surface area contributed by atoms with Crippen molar-refractivity contribution in [1.29, 1.82) is 0 Å². The van der Waals surface area contributed by atoms with Gasteiger partial charge in [0.25, 0.3) is 5.91 Å². The van der Waals surface area contributed by atoms with Crippen molar-refractivity contribution in [3.63, 3.8) is 0 Å². The van der Waals surface area contributed by atoms with Crippen LogP contribution in [-0.2, 0) is 9.84 Å². The number of carbonyl (C=O) groups is 1. The van der Waals surface area contributed by atoms with Crippen molar-refractivity contribution in [2.75, 3.05) is 11.1 Å². The Balaban J connectivity index is 2.14. The van der Waals surface area contributed by atoms with Gasteiger partial charge >= 0.3 is 0 Å². The first-order valence-electron chi connectivity index (χ1n) is 5.93. The van der Waals surface area contributed by atoms with Gasteiger partial charge in [-0.2, -0.15) is 0 Å². The van der Waals surface area contributed by atoms with Crippen LogP contribution in [-0.4, -0.2) is 30.0 Å². The summed E-state index contributed by atoms with van der Waals surface area (Å²) in [5.74, 6) is -0.359. The van der Waals surface area contributed by atoms with Crippen LogP contribution in [0.2, 0.25) is 0 Å². The van der Waals surface area contributed by atoms with Crippen LogP contribution < -0.4 is 5.32 Å². The average molecular weight is 291 g/mol. The third-order valence-electron chi connectivity index (χ3n) is 2.65. The van der Waals surface area contributed by atoms with Crippen molar-refractivity contribution in [1.82, 2.24) is 9.97 Å². The fourth-order valence-corrected chi connectivity index (χ4v) is 2.41. The van der Waals surface area contributed by atoms with E-state index in [1.165, 1.54) is 42.9 Å². The van der Waals surface area contributed by atoms with E-state index in [1.54, 1.807) is 6.92 Å². The van der Waals surface area contributed by atoms with Crippen LogP contribution in [0.1, 0.15) is 17.4 Å². The third-order valence-corrected chi connectivity index (χ3v) is 4.40. The Morgan fingerprint density at radius 2 is 1.90 bits per heavy atom. The minimum absolute atomic E-state index is 0.0400. The SMILES string of the molecule is CCS(=O)(=O)c1ccc(NC(=O)c2cnccn2)cc1. The molecule has 1 N–H and O–H groups in total. The quantitative estimate of drug-likeness (QED) is 0.922. The lowest BCUT2D eigenvalue weighted by atomic mass is 10.3. The monoisotopic (exact) mass is 291 g/mol. The number of nitrogens with one attached hydrogen (secondary N) is 1. The maximum absolute atomic E-state index is 11.8. The highest BCUT2D eigenvalue weighted by atomic mass is 32.2. The van der Waals surface area contributed by atoms with E-state index in [0.29, 0.717) is 5.69 Å². The highest BCUT2D eigenvalue weighted by Crippen LogP contribution is 2.15. The van der Waals surface area contributed by atoms with E-state index >= 15 is 0 Å². The van der Waals surface area contributed by atoms with Crippen LogP contribution in [0, 0.1) is 0 Å². The summed E-state index contributed by atoms with van der Waals surface area (Å²) in [6, 6.07) is 6.00. The van der Waals surface area contributed by atoms with Crippen molar-refractivity contribution in [3.05, 3.63) is 48.5 Å². The first kappa shape index (κ1) is 14.1. The van der Waals surface area contributed by atoms with Crippen LogP contribution in [0.25, 0.3) is 0 Å². The number of rotatable bonds is 4. The van der Waals surface area contributed by atoms with E-state index in [1.807, 2.05) is 0 Å². The van der Waals surface area contributed by atoms with Gasteiger partial charge in [0.15, 0.2) is 9.84 Å². The van der Waals surface area contributed by atoms with Crippen LogP contribution in [0.3, 0.4) is 0 Å². The molecular weight excluding hydrogens is 278 g/mol. The highest BCUT2D eigenvalue weighted by molar-refractivity contribution is 7.91. The largest absolute Gasteiger partial charge is 0.321 e. The summed E-state index contributed by atoms with van der Waals surface area (Å²) >= 11 is 0. The molecule has 1 heterocycles. The van der Waals surface area contributed by atoms with Crippen LogP contribution in [0.15, 0.2) is 47.8 Å². The summed E-state index contributed by atoms with van der Waals surface area (Å²) in [4.78, 5) is 19.7. The molecule has 0 aliphatic rings. The molecule has 0 bridgehead atoms. The Bertz CT molecular complexity index is 697. The van der Waals surface area contributed by atoms with Gasteiger partial charge in [-0.25, -0.2) is 13.4 Å². The predicted molar refractivity (Wildman–Crippen MR) is 74.2 cm³/mol. The van der Waals surface area contributed by atoms with Gasteiger partial charge in [0.1, 0.15) is 5.69 Å². The van der Waals surface area contributed by atoms with E-state index in [9.17, 15) is 13.2 Å². The molecule has 1 aromatic heterocycles. The van der Waals surface area contributed by atoms with E-state index in [4.69, 9.17) is 0 Å². The smallest absolute Gasteiger partial charge is 0.275 e. The number of amides is 1. The van der Waals surface area contributed by atoms with Crippen molar-refractivity contribution in [2.24, 2.45) is 0 Å². The Morgan fingerprint density at radius 3 is 2.45 bits per heavy atom. The molecule has 0 unspecified atom stereocenters. The molecule has 0 aliphatic carbocycles.